The molecule has 0 N–H and O–H groups in total. The molecule has 1 aromatic heterocycles. The van der Waals surface area contributed by atoms with Gasteiger partial charge < -0.3 is 9.47 Å². The molecule has 0 atom stereocenters. The smallest absolute Gasteiger partial charge is 0.0488 e. The van der Waals surface area contributed by atoms with Crippen molar-refractivity contribution < 1.29 is 0 Å². The van der Waals surface area contributed by atoms with Gasteiger partial charge in [-0.15, -0.1) is 0 Å². The number of nitrogens with zero attached hydrogens (tertiary/aromatic N) is 3. The zero-order valence-corrected chi connectivity index (χ0v) is 17.5. The highest BCUT2D eigenvalue weighted by atomic mass is 35.5. The number of hydrogen-bond donors (Lipinski definition) is 0. The van der Waals surface area contributed by atoms with E-state index in [4.69, 9.17) is 11.6 Å². The lowest BCUT2D eigenvalue weighted by atomic mass is 10.1. The summed E-state index contributed by atoms with van der Waals surface area (Å²) in [7, 11) is 2.21. The van der Waals surface area contributed by atoms with Gasteiger partial charge in [0.1, 0.15) is 0 Å². The van der Waals surface area contributed by atoms with Crippen molar-refractivity contribution in [3.05, 3.63) is 82.5 Å². The van der Waals surface area contributed by atoms with Gasteiger partial charge >= 0.3 is 0 Å². The molecule has 3 nitrogen and oxygen atoms in total. The lowest BCUT2D eigenvalue weighted by molar-refractivity contribution is 0.148. The predicted molar refractivity (Wildman–Crippen MR) is 118 cm³/mol. The lowest BCUT2D eigenvalue weighted by Gasteiger charge is -2.32. The molecular weight excluding hydrogens is 366 g/mol. The summed E-state index contributed by atoms with van der Waals surface area (Å²) in [6.45, 7) is 8.72. The molecule has 4 heteroatoms. The van der Waals surface area contributed by atoms with Crippen molar-refractivity contribution in [1.29, 1.82) is 0 Å². The molecular formula is C24H28ClN3. The van der Waals surface area contributed by atoms with E-state index in [0.717, 1.165) is 44.3 Å². The molecule has 4 rings (SSSR count). The summed E-state index contributed by atoms with van der Waals surface area (Å²) in [5, 5.41) is 0.777. The summed E-state index contributed by atoms with van der Waals surface area (Å²) >= 11 is 6.13. The van der Waals surface area contributed by atoms with E-state index in [-0.39, 0.29) is 0 Å². The van der Waals surface area contributed by atoms with Gasteiger partial charge in [0.25, 0.3) is 0 Å². The summed E-state index contributed by atoms with van der Waals surface area (Å²) < 4.78 is 2.45. The molecule has 3 aromatic rings. The fourth-order valence-electron chi connectivity index (χ4n) is 3.94. The number of aromatic nitrogens is 1. The highest BCUT2D eigenvalue weighted by Gasteiger charge is 2.19. The van der Waals surface area contributed by atoms with Crippen molar-refractivity contribution in [2.24, 2.45) is 0 Å². The molecule has 0 amide bonds. The molecule has 0 radical (unpaired) electrons. The fraction of sp³-hybridized carbons (Fsp3) is 0.333. The van der Waals surface area contributed by atoms with Gasteiger partial charge in [-0.05, 0) is 48.9 Å². The van der Waals surface area contributed by atoms with Crippen LogP contribution in [0.4, 0.5) is 0 Å². The molecule has 0 aliphatic carbocycles. The zero-order chi connectivity index (χ0) is 19.5. The quantitative estimate of drug-likeness (QED) is 0.610. The zero-order valence-electron chi connectivity index (χ0n) is 16.7. The first kappa shape index (κ1) is 19.3. The van der Waals surface area contributed by atoms with E-state index in [1.807, 2.05) is 12.1 Å². The molecule has 1 aliphatic heterocycles. The maximum absolute atomic E-state index is 6.13. The monoisotopic (exact) mass is 393 g/mol. The van der Waals surface area contributed by atoms with Crippen LogP contribution in [0, 0.1) is 6.92 Å². The van der Waals surface area contributed by atoms with E-state index in [9.17, 15) is 0 Å². The first-order valence-corrected chi connectivity index (χ1v) is 10.4. The number of piperazine rings is 1. The minimum atomic E-state index is 0.777. The Hall–Kier alpha value is -2.07. The number of benzene rings is 2. The lowest BCUT2D eigenvalue weighted by Crippen LogP contribution is -2.43. The molecule has 0 spiro atoms. The van der Waals surface area contributed by atoms with Gasteiger partial charge in [0.05, 0.1) is 0 Å². The number of hydrogen-bond acceptors (Lipinski definition) is 2. The fourth-order valence-corrected chi connectivity index (χ4v) is 4.06. The largest absolute Gasteiger partial charge is 0.340 e. The third-order valence-electron chi connectivity index (χ3n) is 5.78. The van der Waals surface area contributed by atoms with Crippen LogP contribution < -0.4 is 0 Å². The Labute approximate surface area is 173 Å². The van der Waals surface area contributed by atoms with Crippen LogP contribution in [0.5, 0.6) is 0 Å². The average molecular weight is 394 g/mol. The second kappa shape index (κ2) is 8.52. The van der Waals surface area contributed by atoms with Crippen LogP contribution in [0.15, 0.2) is 60.7 Å². The van der Waals surface area contributed by atoms with Crippen LogP contribution in [-0.2, 0) is 13.1 Å². The standard InChI is InChI=1S/C24H28ClN3/c1-19-22(18-27-14-12-26(2)13-15-27)16-24(21-8-10-23(25)11-9-21)28(19)17-20-6-4-3-5-7-20/h3-11,16H,12-15,17-18H2,1-2H3. The average Bonchev–Trinajstić information content (AvgIpc) is 3.01. The molecule has 28 heavy (non-hydrogen) atoms. The molecule has 0 unspecified atom stereocenters. The molecule has 146 valence electrons. The van der Waals surface area contributed by atoms with Gasteiger partial charge in [-0.2, -0.15) is 0 Å². The van der Waals surface area contributed by atoms with E-state index in [1.165, 1.54) is 28.1 Å². The van der Waals surface area contributed by atoms with Gasteiger partial charge in [-0.3, -0.25) is 4.90 Å². The molecule has 2 aromatic carbocycles. The Morgan fingerprint density at radius 3 is 2.21 bits per heavy atom. The topological polar surface area (TPSA) is 11.4 Å². The van der Waals surface area contributed by atoms with Crippen LogP contribution in [0.1, 0.15) is 16.8 Å². The minimum Gasteiger partial charge on any atom is -0.340 e. The Morgan fingerprint density at radius 1 is 0.857 bits per heavy atom. The van der Waals surface area contributed by atoms with Crippen molar-refractivity contribution in [1.82, 2.24) is 14.4 Å². The maximum atomic E-state index is 6.13. The minimum absolute atomic E-state index is 0.777. The van der Waals surface area contributed by atoms with Crippen molar-refractivity contribution >= 4 is 11.6 Å². The van der Waals surface area contributed by atoms with Crippen LogP contribution >= 0.6 is 11.6 Å². The van der Waals surface area contributed by atoms with Gasteiger partial charge in [0.2, 0.25) is 0 Å². The Morgan fingerprint density at radius 2 is 1.54 bits per heavy atom. The highest BCUT2D eigenvalue weighted by Crippen LogP contribution is 2.29. The second-order valence-electron chi connectivity index (χ2n) is 7.80. The third-order valence-corrected chi connectivity index (χ3v) is 6.04. The SMILES string of the molecule is Cc1c(CN2CCN(C)CC2)cc(-c2ccc(Cl)cc2)n1Cc1ccccc1. The summed E-state index contributed by atoms with van der Waals surface area (Å²) in [5.41, 5.74) is 6.58. The first-order chi connectivity index (χ1) is 13.6. The van der Waals surface area contributed by atoms with Crippen molar-refractivity contribution in [3.63, 3.8) is 0 Å². The molecule has 2 heterocycles. The highest BCUT2D eigenvalue weighted by molar-refractivity contribution is 6.30. The van der Waals surface area contributed by atoms with Crippen LogP contribution in [0.2, 0.25) is 5.02 Å². The van der Waals surface area contributed by atoms with Gasteiger partial charge in [-0.25, -0.2) is 0 Å². The summed E-state index contributed by atoms with van der Waals surface area (Å²) in [4.78, 5) is 4.98. The molecule has 1 fully saturated rings. The second-order valence-corrected chi connectivity index (χ2v) is 8.23. The Kier molecular flexibility index (Phi) is 5.86. The summed E-state index contributed by atoms with van der Waals surface area (Å²) in [6.07, 6.45) is 0. The van der Waals surface area contributed by atoms with E-state index < -0.39 is 0 Å². The number of likely N-dealkylation sites (N-methyl/N-ethyl adjacent to an activating group) is 1. The number of rotatable bonds is 5. The van der Waals surface area contributed by atoms with Gasteiger partial charge in [0, 0.05) is 55.7 Å². The molecule has 0 bridgehead atoms. The number of halogens is 1. The summed E-state index contributed by atoms with van der Waals surface area (Å²) in [6, 6.07) is 21.3. The summed E-state index contributed by atoms with van der Waals surface area (Å²) in [5.74, 6) is 0. The van der Waals surface area contributed by atoms with Gasteiger partial charge in [0.15, 0.2) is 0 Å². The van der Waals surface area contributed by atoms with Crippen LogP contribution in [-0.4, -0.2) is 47.6 Å². The van der Waals surface area contributed by atoms with E-state index in [1.54, 1.807) is 0 Å². The van der Waals surface area contributed by atoms with E-state index >= 15 is 0 Å². The van der Waals surface area contributed by atoms with Crippen molar-refractivity contribution in [3.8, 4) is 11.3 Å². The van der Waals surface area contributed by atoms with E-state index in [2.05, 4.69) is 76.9 Å². The van der Waals surface area contributed by atoms with E-state index in [0.29, 0.717) is 0 Å². The molecule has 0 saturated carbocycles. The van der Waals surface area contributed by atoms with Crippen molar-refractivity contribution in [2.45, 2.75) is 20.0 Å². The third kappa shape index (κ3) is 4.33. The van der Waals surface area contributed by atoms with Crippen molar-refractivity contribution in [2.75, 3.05) is 33.2 Å². The Balaban J connectivity index is 1.67. The van der Waals surface area contributed by atoms with Gasteiger partial charge in [-0.1, -0.05) is 54.1 Å². The predicted octanol–water partition coefficient (Wildman–Crippen LogP) is 4.91. The maximum Gasteiger partial charge on any atom is 0.0488 e. The van der Waals surface area contributed by atoms with Crippen LogP contribution in [0.25, 0.3) is 11.3 Å². The molecule has 1 aliphatic rings. The Bertz CT molecular complexity index is 907. The first-order valence-electron chi connectivity index (χ1n) is 10.00. The molecule has 1 saturated heterocycles. The normalized spacial score (nSPS) is 15.8. The van der Waals surface area contributed by atoms with Crippen LogP contribution in [0.3, 0.4) is 0 Å².